The van der Waals surface area contributed by atoms with Crippen LogP contribution in [0.5, 0.6) is 0 Å². The minimum atomic E-state index is -0.344. The number of halogens is 1. The lowest BCUT2D eigenvalue weighted by molar-refractivity contribution is -0.133. The van der Waals surface area contributed by atoms with Crippen LogP contribution in [0.2, 0.25) is 5.02 Å². The summed E-state index contributed by atoms with van der Waals surface area (Å²) in [6.45, 7) is -0.229. The third-order valence-corrected chi connectivity index (χ3v) is 3.35. The fourth-order valence-corrected chi connectivity index (χ4v) is 2.12. The van der Waals surface area contributed by atoms with Gasteiger partial charge in [-0.3, -0.25) is 14.4 Å². The van der Waals surface area contributed by atoms with Crippen LogP contribution < -0.4 is 10.9 Å². The average Bonchev–Trinajstić information content (AvgIpc) is 2.49. The van der Waals surface area contributed by atoms with Crippen LogP contribution in [0.25, 0.3) is 0 Å². The van der Waals surface area contributed by atoms with Crippen molar-refractivity contribution in [1.82, 2.24) is 9.47 Å². The lowest BCUT2D eigenvalue weighted by atomic mass is 10.3. The summed E-state index contributed by atoms with van der Waals surface area (Å²) in [7, 11) is 1.51. The van der Waals surface area contributed by atoms with Crippen molar-refractivity contribution in [1.29, 1.82) is 0 Å². The van der Waals surface area contributed by atoms with Crippen LogP contribution in [-0.2, 0) is 16.1 Å². The Labute approximate surface area is 138 Å². The van der Waals surface area contributed by atoms with Gasteiger partial charge in [0.15, 0.2) is 0 Å². The highest BCUT2D eigenvalue weighted by Crippen LogP contribution is 2.14. The summed E-state index contributed by atoms with van der Waals surface area (Å²) in [5.41, 5.74) is 0.292. The van der Waals surface area contributed by atoms with Crippen molar-refractivity contribution in [2.24, 2.45) is 0 Å². The maximum absolute atomic E-state index is 12.1. The van der Waals surface area contributed by atoms with Gasteiger partial charge in [0.1, 0.15) is 6.54 Å². The smallest absolute Gasteiger partial charge is 0.250 e. The molecule has 0 radical (unpaired) electrons. The van der Waals surface area contributed by atoms with Crippen molar-refractivity contribution in [2.45, 2.75) is 6.54 Å². The Morgan fingerprint density at radius 3 is 2.70 bits per heavy atom. The topological polar surface area (TPSA) is 71.4 Å². The third-order valence-electron chi connectivity index (χ3n) is 3.12. The highest BCUT2D eigenvalue weighted by atomic mass is 35.5. The van der Waals surface area contributed by atoms with E-state index >= 15 is 0 Å². The first-order valence-electron chi connectivity index (χ1n) is 6.90. The van der Waals surface area contributed by atoms with Gasteiger partial charge < -0.3 is 14.8 Å². The first-order valence-corrected chi connectivity index (χ1v) is 7.28. The van der Waals surface area contributed by atoms with Gasteiger partial charge in [-0.1, -0.05) is 23.7 Å². The maximum Gasteiger partial charge on any atom is 0.250 e. The van der Waals surface area contributed by atoms with Crippen molar-refractivity contribution >= 4 is 29.1 Å². The Morgan fingerprint density at radius 1 is 1.22 bits per heavy atom. The molecule has 6 nitrogen and oxygen atoms in total. The van der Waals surface area contributed by atoms with Crippen molar-refractivity contribution in [2.75, 3.05) is 18.9 Å². The first kappa shape index (κ1) is 16.8. The molecule has 0 aliphatic carbocycles. The molecule has 2 amide bonds. The third kappa shape index (κ3) is 4.96. The molecule has 1 heterocycles. The number of carbonyl (C=O) groups is 2. The summed E-state index contributed by atoms with van der Waals surface area (Å²) in [4.78, 5) is 36.8. The van der Waals surface area contributed by atoms with Crippen LogP contribution in [0.4, 0.5) is 5.69 Å². The van der Waals surface area contributed by atoms with E-state index in [0.717, 1.165) is 0 Å². The molecule has 0 unspecified atom stereocenters. The van der Waals surface area contributed by atoms with E-state index in [0.29, 0.717) is 10.7 Å². The summed E-state index contributed by atoms with van der Waals surface area (Å²) in [5.74, 6) is -0.678. The van der Waals surface area contributed by atoms with Gasteiger partial charge in [-0.25, -0.2) is 0 Å². The van der Waals surface area contributed by atoms with Crippen molar-refractivity contribution in [3.63, 3.8) is 0 Å². The molecule has 0 saturated carbocycles. The monoisotopic (exact) mass is 333 g/mol. The summed E-state index contributed by atoms with van der Waals surface area (Å²) in [6.07, 6.45) is 1.53. The number of likely N-dealkylation sites (N-methyl/N-ethyl adjacent to an activating group) is 1. The predicted octanol–water partition coefficient (Wildman–Crippen LogP) is 1.60. The largest absolute Gasteiger partial charge is 0.335 e. The van der Waals surface area contributed by atoms with E-state index in [2.05, 4.69) is 5.32 Å². The Kier molecular flexibility index (Phi) is 5.54. The number of nitrogens with zero attached hydrogens (tertiary/aromatic N) is 2. The van der Waals surface area contributed by atoms with E-state index < -0.39 is 0 Å². The fourth-order valence-electron chi connectivity index (χ4n) is 1.93. The van der Waals surface area contributed by atoms with Gasteiger partial charge in [-0.05, 0) is 24.3 Å². The number of benzene rings is 1. The van der Waals surface area contributed by atoms with E-state index in [9.17, 15) is 14.4 Å². The Bertz CT molecular complexity index is 773. The van der Waals surface area contributed by atoms with E-state index in [1.165, 1.54) is 28.8 Å². The number of hydrogen-bond donors (Lipinski definition) is 1. The predicted molar refractivity (Wildman–Crippen MR) is 88.4 cm³/mol. The second kappa shape index (κ2) is 7.60. The molecule has 0 spiro atoms. The van der Waals surface area contributed by atoms with Crippen LogP contribution in [0.1, 0.15) is 0 Å². The molecule has 0 atom stereocenters. The molecule has 23 heavy (non-hydrogen) atoms. The van der Waals surface area contributed by atoms with Gasteiger partial charge in [-0.2, -0.15) is 0 Å². The lowest BCUT2D eigenvalue weighted by Crippen LogP contribution is -2.38. The summed E-state index contributed by atoms with van der Waals surface area (Å²) >= 11 is 5.84. The number of nitrogens with one attached hydrogen (secondary N) is 1. The SMILES string of the molecule is CN(CC(=O)Nc1cccc(Cl)c1)C(=O)Cn1ccccc1=O. The Hall–Kier alpha value is -2.60. The van der Waals surface area contributed by atoms with E-state index in [4.69, 9.17) is 11.6 Å². The molecule has 7 heteroatoms. The van der Waals surface area contributed by atoms with Gasteiger partial charge in [0, 0.05) is 30.0 Å². The van der Waals surface area contributed by atoms with Crippen LogP contribution in [0.15, 0.2) is 53.5 Å². The number of amides is 2. The molecule has 0 saturated heterocycles. The quantitative estimate of drug-likeness (QED) is 0.903. The maximum atomic E-state index is 12.1. The highest BCUT2D eigenvalue weighted by molar-refractivity contribution is 6.30. The molecule has 0 aliphatic rings. The normalized spacial score (nSPS) is 10.2. The molecular weight excluding hydrogens is 318 g/mol. The van der Waals surface area contributed by atoms with E-state index in [1.807, 2.05) is 0 Å². The average molecular weight is 334 g/mol. The zero-order valence-corrected chi connectivity index (χ0v) is 13.3. The van der Waals surface area contributed by atoms with Gasteiger partial charge in [0.2, 0.25) is 11.8 Å². The number of pyridine rings is 1. The zero-order valence-electron chi connectivity index (χ0n) is 12.5. The number of aromatic nitrogens is 1. The molecule has 1 aromatic carbocycles. The standard InChI is InChI=1S/C16H16ClN3O3/c1-19(16(23)11-20-8-3-2-7-15(20)22)10-14(21)18-13-6-4-5-12(17)9-13/h2-9H,10-11H2,1H3,(H,18,21). The van der Waals surface area contributed by atoms with Gasteiger partial charge in [-0.15, -0.1) is 0 Å². The molecule has 2 rings (SSSR count). The number of hydrogen-bond acceptors (Lipinski definition) is 3. The summed E-state index contributed by atoms with van der Waals surface area (Å²) in [6, 6.07) is 11.4. The number of carbonyl (C=O) groups excluding carboxylic acids is 2. The second-order valence-electron chi connectivity index (χ2n) is 4.98. The number of rotatable bonds is 5. The molecular formula is C16H16ClN3O3. The minimum absolute atomic E-state index is 0.110. The van der Waals surface area contributed by atoms with Crippen molar-refractivity contribution < 1.29 is 9.59 Å². The summed E-state index contributed by atoms with van der Waals surface area (Å²) < 4.78 is 1.29. The summed E-state index contributed by atoms with van der Waals surface area (Å²) in [5, 5.41) is 3.17. The van der Waals surface area contributed by atoms with Crippen LogP contribution in [0.3, 0.4) is 0 Å². The highest BCUT2D eigenvalue weighted by Gasteiger charge is 2.14. The lowest BCUT2D eigenvalue weighted by Gasteiger charge is -2.17. The molecule has 2 aromatic rings. The van der Waals surface area contributed by atoms with Gasteiger partial charge in [0.05, 0.1) is 6.54 Å². The molecule has 120 valence electrons. The molecule has 0 bridgehead atoms. The first-order chi connectivity index (χ1) is 11.0. The van der Waals surface area contributed by atoms with Gasteiger partial charge >= 0.3 is 0 Å². The molecule has 1 aromatic heterocycles. The Morgan fingerprint density at radius 2 is 2.00 bits per heavy atom. The van der Waals surface area contributed by atoms with Crippen LogP contribution >= 0.6 is 11.6 Å². The van der Waals surface area contributed by atoms with E-state index in [1.54, 1.807) is 36.4 Å². The van der Waals surface area contributed by atoms with E-state index in [-0.39, 0.29) is 30.5 Å². The minimum Gasteiger partial charge on any atom is -0.335 e. The molecule has 1 N–H and O–H groups in total. The second-order valence-corrected chi connectivity index (χ2v) is 5.41. The van der Waals surface area contributed by atoms with Crippen molar-refractivity contribution in [3.8, 4) is 0 Å². The van der Waals surface area contributed by atoms with Crippen molar-refractivity contribution in [3.05, 3.63) is 64.0 Å². The van der Waals surface area contributed by atoms with Gasteiger partial charge in [0.25, 0.3) is 5.56 Å². The Balaban J connectivity index is 1.91. The molecule has 0 fully saturated rings. The number of anilines is 1. The fraction of sp³-hybridized carbons (Fsp3) is 0.188. The van der Waals surface area contributed by atoms with Crippen LogP contribution in [-0.4, -0.2) is 34.9 Å². The molecule has 0 aliphatic heterocycles. The zero-order chi connectivity index (χ0) is 16.8. The van der Waals surface area contributed by atoms with Crippen LogP contribution in [0, 0.1) is 0 Å².